The number of halogens is 1. The molecule has 1 saturated heterocycles. The Hall–Kier alpha value is -1.91. The third-order valence-electron chi connectivity index (χ3n) is 4.71. The molecule has 2 heterocycles. The van der Waals surface area contributed by atoms with Crippen LogP contribution in [0.5, 0.6) is 0 Å². The summed E-state index contributed by atoms with van der Waals surface area (Å²) < 4.78 is 0. The van der Waals surface area contributed by atoms with Crippen molar-refractivity contribution in [2.75, 3.05) is 13.1 Å². The molecule has 1 aliphatic heterocycles. The molecule has 0 aliphatic carbocycles. The van der Waals surface area contributed by atoms with Gasteiger partial charge in [-0.1, -0.05) is 48.0 Å². The molecule has 1 amide bonds. The Morgan fingerprint density at radius 3 is 2.43 bits per heavy atom. The zero-order valence-corrected chi connectivity index (χ0v) is 13.7. The first kappa shape index (κ1) is 16.0. The number of rotatable bonds is 4. The highest BCUT2D eigenvalue weighted by atomic mass is 35.5. The maximum Gasteiger partial charge on any atom is 0.228 e. The van der Waals surface area contributed by atoms with Crippen molar-refractivity contribution in [1.29, 1.82) is 0 Å². The summed E-state index contributed by atoms with van der Waals surface area (Å²) in [6, 6.07) is 14.0. The number of nitrogens with two attached hydrogens (primary N) is 1. The van der Waals surface area contributed by atoms with Gasteiger partial charge in [-0.15, -0.1) is 0 Å². The third-order valence-corrected chi connectivity index (χ3v) is 4.93. The molecule has 1 aromatic heterocycles. The molecule has 3 rings (SSSR count). The van der Waals surface area contributed by atoms with E-state index in [4.69, 9.17) is 17.3 Å². The minimum Gasteiger partial charge on any atom is -0.369 e. The number of carbonyl (C=O) groups is 1. The van der Waals surface area contributed by atoms with E-state index in [1.165, 1.54) is 5.56 Å². The van der Waals surface area contributed by atoms with Gasteiger partial charge in [0.05, 0.1) is 5.41 Å². The largest absolute Gasteiger partial charge is 0.369 e. The number of hydrogen-bond donors (Lipinski definition) is 1. The quantitative estimate of drug-likeness (QED) is 0.877. The molecule has 1 aromatic carbocycles. The standard InChI is InChI=1S/C18H20ClN3O/c19-16-7-6-15(12-21-16)18(17(20)23)8-10-22(11-9-18)13-14-4-2-1-3-5-14/h1-7,12H,8-11,13H2,(H2,20,23). The molecular formula is C18H20ClN3O. The first-order valence-corrected chi connectivity index (χ1v) is 8.16. The number of pyridine rings is 1. The summed E-state index contributed by atoms with van der Waals surface area (Å²) in [6.45, 7) is 2.56. The van der Waals surface area contributed by atoms with Crippen molar-refractivity contribution >= 4 is 17.5 Å². The number of aromatic nitrogens is 1. The van der Waals surface area contributed by atoms with Crippen LogP contribution in [0.4, 0.5) is 0 Å². The van der Waals surface area contributed by atoms with Gasteiger partial charge in [-0.2, -0.15) is 0 Å². The lowest BCUT2D eigenvalue weighted by Crippen LogP contribution is -2.49. The zero-order valence-electron chi connectivity index (χ0n) is 12.9. The smallest absolute Gasteiger partial charge is 0.228 e. The normalized spacial score (nSPS) is 17.8. The molecule has 120 valence electrons. The van der Waals surface area contributed by atoms with Gasteiger partial charge in [0.15, 0.2) is 0 Å². The summed E-state index contributed by atoms with van der Waals surface area (Å²) in [4.78, 5) is 18.6. The van der Waals surface area contributed by atoms with Crippen molar-refractivity contribution in [2.45, 2.75) is 24.8 Å². The van der Waals surface area contributed by atoms with E-state index in [1.54, 1.807) is 12.3 Å². The van der Waals surface area contributed by atoms with Crippen LogP contribution in [0.15, 0.2) is 48.7 Å². The molecule has 0 radical (unpaired) electrons. The molecule has 1 aliphatic rings. The van der Waals surface area contributed by atoms with Gasteiger partial charge in [-0.05, 0) is 43.1 Å². The summed E-state index contributed by atoms with van der Waals surface area (Å²) in [6.07, 6.45) is 3.09. The fraction of sp³-hybridized carbons (Fsp3) is 0.333. The minimum absolute atomic E-state index is 0.277. The molecule has 0 atom stereocenters. The van der Waals surface area contributed by atoms with Gasteiger partial charge in [0.25, 0.3) is 0 Å². The third kappa shape index (κ3) is 3.38. The number of hydrogen-bond acceptors (Lipinski definition) is 3. The fourth-order valence-corrected chi connectivity index (χ4v) is 3.38. The zero-order chi connectivity index (χ0) is 16.3. The number of nitrogens with zero attached hydrogens (tertiary/aromatic N) is 2. The van der Waals surface area contributed by atoms with Gasteiger partial charge < -0.3 is 5.73 Å². The van der Waals surface area contributed by atoms with Crippen molar-refractivity contribution in [3.63, 3.8) is 0 Å². The summed E-state index contributed by atoms with van der Waals surface area (Å²) in [7, 11) is 0. The van der Waals surface area contributed by atoms with Gasteiger partial charge >= 0.3 is 0 Å². The van der Waals surface area contributed by atoms with Crippen LogP contribution in [-0.2, 0) is 16.8 Å². The SMILES string of the molecule is NC(=O)C1(c2ccc(Cl)nc2)CCN(Cc2ccccc2)CC1. The topological polar surface area (TPSA) is 59.2 Å². The average molecular weight is 330 g/mol. The summed E-state index contributed by atoms with van der Waals surface area (Å²) in [5.74, 6) is -0.277. The molecule has 23 heavy (non-hydrogen) atoms. The summed E-state index contributed by atoms with van der Waals surface area (Å²) in [5, 5.41) is 0.426. The maximum absolute atomic E-state index is 12.2. The summed E-state index contributed by atoms with van der Waals surface area (Å²) >= 11 is 5.85. The van der Waals surface area contributed by atoms with E-state index < -0.39 is 5.41 Å². The number of piperidine rings is 1. The van der Waals surface area contributed by atoms with E-state index in [2.05, 4.69) is 22.0 Å². The second kappa shape index (κ2) is 6.69. The van der Waals surface area contributed by atoms with E-state index in [-0.39, 0.29) is 5.91 Å². The lowest BCUT2D eigenvalue weighted by Gasteiger charge is -2.39. The van der Waals surface area contributed by atoms with E-state index in [0.29, 0.717) is 18.0 Å². The first-order chi connectivity index (χ1) is 11.1. The van der Waals surface area contributed by atoms with Crippen LogP contribution in [-0.4, -0.2) is 28.9 Å². The second-order valence-electron chi connectivity index (χ2n) is 6.08. The molecule has 4 nitrogen and oxygen atoms in total. The van der Waals surface area contributed by atoms with Crippen LogP contribution < -0.4 is 5.73 Å². The number of benzene rings is 1. The molecule has 2 N–H and O–H groups in total. The Labute approximate surface area is 141 Å². The van der Waals surface area contributed by atoms with E-state index in [1.807, 2.05) is 24.3 Å². The van der Waals surface area contributed by atoms with E-state index in [0.717, 1.165) is 25.2 Å². The highest BCUT2D eigenvalue weighted by Gasteiger charge is 2.41. The average Bonchev–Trinajstić information content (AvgIpc) is 2.57. The van der Waals surface area contributed by atoms with Gasteiger partial charge in [0.2, 0.25) is 5.91 Å². The Bertz CT molecular complexity index is 664. The van der Waals surface area contributed by atoms with Crippen LogP contribution in [0.2, 0.25) is 5.15 Å². The highest BCUT2D eigenvalue weighted by molar-refractivity contribution is 6.29. The molecule has 0 saturated carbocycles. The van der Waals surface area contributed by atoms with Crippen molar-refractivity contribution in [3.8, 4) is 0 Å². The van der Waals surface area contributed by atoms with Gasteiger partial charge in [0.1, 0.15) is 5.15 Å². The van der Waals surface area contributed by atoms with Crippen molar-refractivity contribution in [2.24, 2.45) is 5.73 Å². The number of likely N-dealkylation sites (tertiary alicyclic amines) is 1. The second-order valence-corrected chi connectivity index (χ2v) is 6.46. The Morgan fingerprint density at radius 2 is 1.87 bits per heavy atom. The lowest BCUT2D eigenvalue weighted by molar-refractivity contribution is -0.125. The van der Waals surface area contributed by atoms with Crippen molar-refractivity contribution in [1.82, 2.24) is 9.88 Å². The Balaban J connectivity index is 1.73. The van der Waals surface area contributed by atoms with Crippen LogP contribution in [0.3, 0.4) is 0 Å². The Morgan fingerprint density at radius 1 is 1.17 bits per heavy atom. The van der Waals surface area contributed by atoms with E-state index in [9.17, 15) is 4.79 Å². The van der Waals surface area contributed by atoms with Crippen LogP contribution in [0.1, 0.15) is 24.0 Å². The van der Waals surface area contributed by atoms with Crippen LogP contribution in [0.25, 0.3) is 0 Å². The van der Waals surface area contributed by atoms with Crippen LogP contribution in [0, 0.1) is 0 Å². The maximum atomic E-state index is 12.2. The predicted molar refractivity (Wildman–Crippen MR) is 91.1 cm³/mol. The number of amides is 1. The minimum atomic E-state index is -0.634. The molecule has 1 fully saturated rings. The lowest BCUT2D eigenvalue weighted by atomic mass is 9.72. The molecule has 0 bridgehead atoms. The molecule has 2 aromatic rings. The molecule has 5 heteroatoms. The van der Waals surface area contributed by atoms with Gasteiger partial charge in [0, 0.05) is 12.7 Å². The molecular weight excluding hydrogens is 310 g/mol. The van der Waals surface area contributed by atoms with E-state index >= 15 is 0 Å². The first-order valence-electron chi connectivity index (χ1n) is 7.78. The van der Waals surface area contributed by atoms with Crippen LogP contribution >= 0.6 is 11.6 Å². The molecule has 0 spiro atoms. The summed E-state index contributed by atoms with van der Waals surface area (Å²) in [5.41, 5.74) is 7.27. The predicted octanol–water partition coefficient (Wildman–Crippen LogP) is 2.75. The monoisotopic (exact) mass is 329 g/mol. The Kier molecular flexibility index (Phi) is 4.64. The van der Waals surface area contributed by atoms with Gasteiger partial charge in [-0.25, -0.2) is 4.98 Å². The van der Waals surface area contributed by atoms with Crippen molar-refractivity contribution in [3.05, 3.63) is 64.9 Å². The van der Waals surface area contributed by atoms with Crippen molar-refractivity contribution < 1.29 is 4.79 Å². The highest BCUT2D eigenvalue weighted by Crippen LogP contribution is 2.35. The van der Waals surface area contributed by atoms with Gasteiger partial charge in [-0.3, -0.25) is 9.69 Å². The fourth-order valence-electron chi connectivity index (χ4n) is 3.27. The molecule has 0 unspecified atom stereocenters. The number of primary amides is 1. The number of carbonyl (C=O) groups excluding carboxylic acids is 1.